The van der Waals surface area contributed by atoms with Crippen LogP contribution in [0.3, 0.4) is 0 Å². The van der Waals surface area contributed by atoms with Crippen molar-refractivity contribution in [2.24, 2.45) is 0 Å². The lowest BCUT2D eigenvalue weighted by atomic mass is 10.1. The molecule has 1 aromatic heterocycles. The lowest BCUT2D eigenvalue weighted by Gasteiger charge is -2.38. The van der Waals surface area contributed by atoms with Crippen molar-refractivity contribution in [2.45, 2.75) is 13.0 Å². The van der Waals surface area contributed by atoms with Gasteiger partial charge < -0.3 is 15.1 Å². The Hall–Kier alpha value is -1.62. The maximum atomic E-state index is 11.8. The molecule has 0 spiro atoms. The molecule has 98 valence electrons. The van der Waals surface area contributed by atoms with E-state index in [1.54, 1.807) is 25.2 Å². The van der Waals surface area contributed by atoms with Crippen LogP contribution in [0, 0.1) is 0 Å². The fourth-order valence-corrected chi connectivity index (χ4v) is 2.04. The number of aromatic nitrogens is 1. The third-order valence-electron chi connectivity index (χ3n) is 3.24. The molecular weight excluding hydrogens is 228 g/mol. The van der Waals surface area contributed by atoms with Crippen LogP contribution in [-0.2, 0) is 0 Å². The Kier molecular flexibility index (Phi) is 3.81. The Morgan fingerprint density at radius 3 is 2.56 bits per heavy atom. The zero-order valence-electron chi connectivity index (χ0n) is 11.2. The molecule has 1 aliphatic heterocycles. The second-order valence-corrected chi connectivity index (χ2v) is 4.70. The van der Waals surface area contributed by atoms with Gasteiger partial charge in [0.25, 0.3) is 5.91 Å². The monoisotopic (exact) mass is 248 g/mol. The minimum Gasteiger partial charge on any atom is -0.351 e. The van der Waals surface area contributed by atoms with E-state index >= 15 is 0 Å². The molecule has 0 unspecified atom stereocenters. The molecule has 2 heterocycles. The standard InChI is InChI=1S/C13H20N4O/c1-4-17(11-8-14-9-11)12-6-5-10(7-15-12)13(18)16(2)3/h5-7,11,14H,4,8-9H2,1-3H3. The number of carbonyl (C=O) groups excluding carboxylic acids is 1. The van der Waals surface area contributed by atoms with Crippen LogP contribution in [0.5, 0.6) is 0 Å². The van der Waals surface area contributed by atoms with Crippen molar-refractivity contribution < 1.29 is 4.79 Å². The normalized spacial score (nSPS) is 15.1. The summed E-state index contributed by atoms with van der Waals surface area (Å²) in [4.78, 5) is 20.0. The van der Waals surface area contributed by atoms with Gasteiger partial charge in [0, 0.05) is 39.9 Å². The van der Waals surface area contributed by atoms with E-state index in [4.69, 9.17) is 0 Å². The maximum absolute atomic E-state index is 11.8. The highest BCUT2D eigenvalue weighted by Crippen LogP contribution is 2.16. The summed E-state index contributed by atoms with van der Waals surface area (Å²) in [5.41, 5.74) is 0.631. The molecule has 0 aliphatic carbocycles. The smallest absolute Gasteiger partial charge is 0.254 e. The quantitative estimate of drug-likeness (QED) is 0.847. The van der Waals surface area contributed by atoms with Gasteiger partial charge in [-0.1, -0.05) is 0 Å². The van der Waals surface area contributed by atoms with Crippen molar-refractivity contribution in [3.05, 3.63) is 23.9 Å². The molecule has 0 aromatic carbocycles. The van der Waals surface area contributed by atoms with Gasteiger partial charge in [-0.2, -0.15) is 0 Å². The Labute approximate surface area is 108 Å². The van der Waals surface area contributed by atoms with Gasteiger partial charge in [0.05, 0.1) is 11.6 Å². The van der Waals surface area contributed by atoms with Crippen molar-refractivity contribution in [1.29, 1.82) is 0 Å². The molecule has 0 saturated carbocycles. The number of carbonyl (C=O) groups is 1. The lowest BCUT2D eigenvalue weighted by molar-refractivity contribution is 0.0827. The van der Waals surface area contributed by atoms with Gasteiger partial charge in [-0.15, -0.1) is 0 Å². The number of hydrogen-bond acceptors (Lipinski definition) is 4. The molecule has 0 atom stereocenters. The van der Waals surface area contributed by atoms with Gasteiger partial charge in [0.15, 0.2) is 0 Å². The van der Waals surface area contributed by atoms with Crippen LogP contribution < -0.4 is 10.2 Å². The molecule has 1 aliphatic rings. The highest BCUT2D eigenvalue weighted by Gasteiger charge is 2.24. The van der Waals surface area contributed by atoms with E-state index < -0.39 is 0 Å². The van der Waals surface area contributed by atoms with Gasteiger partial charge in [-0.3, -0.25) is 4.79 Å². The third kappa shape index (κ3) is 2.46. The molecule has 1 amide bonds. The van der Waals surface area contributed by atoms with Gasteiger partial charge in [0.2, 0.25) is 0 Å². The molecule has 2 rings (SSSR count). The summed E-state index contributed by atoms with van der Waals surface area (Å²) in [7, 11) is 3.49. The van der Waals surface area contributed by atoms with Crippen LogP contribution in [0.15, 0.2) is 18.3 Å². The van der Waals surface area contributed by atoms with Crippen LogP contribution in [0.2, 0.25) is 0 Å². The van der Waals surface area contributed by atoms with Crippen molar-refractivity contribution in [1.82, 2.24) is 15.2 Å². The minimum absolute atomic E-state index is 0.0117. The van der Waals surface area contributed by atoms with Gasteiger partial charge in [0.1, 0.15) is 5.82 Å². The fraction of sp³-hybridized carbons (Fsp3) is 0.538. The van der Waals surface area contributed by atoms with Crippen LogP contribution >= 0.6 is 0 Å². The molecule has 0 radical (unpaired) electrons. The van der Waals surface area contributed by atoms with E-state index in [1.165, 1.54) is 0 Å². The fourth-order valence-electron chi connectivity index (χ4n) is 2.04. The lowest BCUT2D eigenvalue weighted by Crippen LogP contribution is -2.57. The van der Waals surface area contributed by atoms with Gasteiger partial charge >= 0.3 is 0 Å². The second-order valence-electron chi connectivity index (χ2n) is 4.70. The highest BCUT2D eigenvalue weighted by atomic mass is 16.2. The summed E-state index contributed by atoms with van der Waals surface area (Å²) in [5, 5.41) is 3.26. The predicted molar refractivity (Wildman–Crippen MR) is 71.9 cm³/mol. The molecule has 1 saturated heterocycles. The molecule has 1 fully saturated rings. The minimum atomic E-state index is -0.0117. The van der Waals surface area contributed by atoms with E-state index in [-0.39, 0.29) is 5.91 Å². The Balaban J connectivity index is 2.13. The molecule has 5 heteroatoms. The first kappa shape index (κ1) is 12.8. The maximum Gasteiger partial charge on any atom is 0.254 e. The largest absolute Gasteiger partial charge is 0.351 e. The summed E-state index contributed by atoms with van der Waals surface area (Å²) >= 11 is 0. The Morgan fingerprint density at radius 2 is 2.17 bits per heavy atom. The summed E-state index contributed by atoms with van der Waals surface area (Å²) in [6, 6.07) is 4.30. The van der Waals surface area contributed by atoms with Crippen LogP contribution in [-0.4, -0.2) is 55.6 Å². The summed E-state index contributed by atoms with van der Waals surface area (Å²) in [5.74, 6) is 0.932. The molecule has 5 nitrogen and oxygen atoms in total. The van der Waals surface area contributed by atoms with Crippen LogP contribution in [0.4, 0.5) is 5.82 Å². The van der Waals surface area contributed by atoms with Crippen molar-refractivity contribution in [2.75, 3.05) is 38.6 Å². The summed E-state index contributed by atoms with van der Waals surface area (Å²) in [6.45, 7) is 5.07. The third-order valence-corrected chi connectivity index (χ3v) is 3.24. The van der Waals surface area contributed by atoms with Gasteiger partial charge in [-0.05, 0) is 19.1 Å². The van der Waals surface area contributed by atoms with Crippen LogP contribution in [0.1, 0.15) is 17.3 Å². The first-order valence-electron chi connectivity index (χ1n) is 6.28. The second kappa shape index (κ2) is 5.35. The van der Waals surface area contributed by atoms with Gasteiger partial charge in [-0.25, -0.2) is 4.98 Å². The number of hydrogen-bond donors (Lipinski definition) is 1. The van der Waals surface area contributed by atoms with E-state index in [1.807, 2.05) is 12.1 Å². The summed E-state index contributed by atoms with van der Waals surface area (Å²) < 4.78 is 0. The molecule has 1 aromatic rings. The van der Waals surface area contributed by atoms with E-state index in [0.717, 1.165) is 25.5 Å². The number of likely N-dealkylation sites (N-methyl/N-ethyl adjacent to an activating group) is 1. The number of pyridine rings is 1. The SMILES string of the molecule is CCN(c1ccc(C(=O)N(C)C)cn1)C1CNC1. The first-order valence-corrected chi connectivity index (χ1v) is 6.28. The van der Waals surface area contributed by atoms with E-state index in [0.29, 0.717) is 11.6 Å². The zero-order chi connectivity index (χ0) is 13.1. The number of nitrogens with one attached hydrogen (secondary N) is 1. The number of nitrogens with zero attached hydrogens (tertiary/aromatic N) is 3. The Morgan fingerprint density at radius 1 is 1.44 bits per heavy atom. The predicted octanol–water partition coefficient (Wildman–Crippen LogP) is 0.581. The van der Waals surface area contributed by atoms with Crippen molar-refractivity contribution in [3.63, 3.8) is 0 Å². The number of anilines is 1. The van der Waals surface area contributed by atoms with Crippen LogP contribution in [0.25, 0.3) is 0 Å². The zero-order valence-corrected chi connectivity index (χ0v) is 11.2. The topological polar surface area (TPSA) is 48.5 Å². The molecule has 18 heavy (non-hydrogen) atoms. The average molecular weight is 248 g/mol. The average Bonchev–Trinajstić information content (AvgIpc) is 2.32. The van der Waals surface area contributed by atoms with Crippen molar-refractivity contribution in [3.8, 4) is 0 Å². The number of amides is 1. The Bertz CT molecular complexity index is 412. The summed E-state index contributed by atoms with van der Waals surface area (Å²) in [6.07, 6.45) is 1.66. The number of rotatable bonds is 4. The van der Waals surface area contributed by atoms with E-state index in [2.05, 4.69) is 22.1 Å². The first-order chi connectivity index (χ1) is 8.63. The molecule has 0 bridgehead atoms. The molecule has 1 N–H and O–H groups in total. The van der Waals surface area contributed by atoms with E-state index in [9.17, 15) is 4.79 Å². The molecular formula is C13H20N4O. The highest BCUT2D eigenvalue weighted by molar-refractivity contribution is 5.93. The van der Waals surface area contributed by atoms with Crippen molar-refractivity contribution >= 4 is 11.7 Å².